The highest BCUT2D eigenvalue weighted by molar-refractivity contribution is 5.76. The van der Waals surface area contributed by atoms with Gasteiger partial charge in [0, 0.05) is 45.1 Å². The maximum atomic E-state index is 12.7. The highest BCUT2D eigenvalue weighted by Gasteiger charge is 2.21. The molecule has 1 amide bonds. The predicted octanol–water partition coefficient (Wildman–Crippen LogP) is 1.29. The van der Waals surface area contributed by atoms with E-state index in [1.54, 1.807) is 7.05 Å². The summed E-state index contributed by atoms with van der Waals surface area (Å²) in [6, 6.07) is 9.97. The van der Waals surface area contributed by atoms with E-state index in [1.165, 1.54) is 21.9 Å². The number of carbonyl (C=O) groups is 1. The van der Waals surface area contributed by atoms with Crippen LogP contribution in [-0.2, 0) is 11.3 Å². The number of ether oxygens (including phenoxy) is 1. The zero-order chi connectivity index (χ0) is 22.1. The fraction of sp³-hybridized carbons (Fsp3) is 0.435. The summed E-state index contributed by atoms with van der Waals surface area (Å²) in [5.41, 5.74) is -0.302. The van der Waals surface area contributed by atoms with Crippen LogP contribution in [-0.4, -0.2) is 71.1 Å². The first kappa shape index (κ1) is 22.4. The molecule has 0 bridgehead atoms. The first-order valence-electron chi connectivity index (χ1n) is 10.5. The Labute approximate surface area is 182 Å². The lowest BCUT2D eigenvalue weighted by Gasteiger charge is -2.32. The number of likely N-dealkylation sites (N-methyl/N-ethyl adjacent to an activating group) is 1. The molecule has 0 spiro atoms. The van der Waals surface area contributed by atoms with Crippen molar-refractivity contribution in [1.82, 2.24) is 19.4 Å². The molecule has 1 saturated heterocycles. The van der Waals surface area contributed by atoms with E-state index >= 15 is 0 Å². The number of hydrogen-bond acceptors (Lipinski definition) is 6. The molecule has 3 rings (SSSR count). The number of aromatic nitrogens is 2. The summed E-state index contributed by atoms with van der Waals surface area (Å²) in [6.07, 6.45) is 10.1. The van der Waals surface area contributed by atoms with Crippen molar-refractivity contribution in [3.63, 3.8) is 0 Å². The number of anilines is 1. The number of para-hydroxylation sites is 1. The molecule has 8 heteroatoms. The molecule has 0 unspecified atom stereocenters. The van der Waals surface area contributed by atoms with Crippen LogP contribution in [0, 0.1) is 12.3 Å². The molecule has 8 nitrogen and oxygen atoms in total. The van der Waals surface area contributed by atoms with Gasteiger partial charge >= 0.3 is 0 Å². The lowest BCUT2D eigenvalue weighted by Crippen LogP contribution is -2.42. The standard InChI is InChI=1S/C23H29N5O3/c1-3-12-26(2)21(29)18-28-15-11-24-22(23(28)30)25-19-9-13-27(14-10-19)16-17-31-20-7-5-4-6-8-20/h1,4-8,11,15,19H,9-10,12-14,16-18H2,2H3,(H,24,25). The van der Waals surface area contributed by atoms with Gasteiger partial charge in [0.2, 0.25) is 5.91 Å². The van der Waals surface area contributed by atoms with Crippen LogP contribution in [0.15, 0.2) is 47.5 Å². The zero-order valence-electron chi connectivity index (χ0n) is 17.9. The Morgan fingerprint density at radius 2 is 2.06 bits per heavy atom. The number of likely N-dealkylation sites (tertiary alicyclic amines) is 1. The molecule has 31 heavy (non-hydrogen) atoms. The first-order valence-corrected chi connectivity index (χ1v) is 10.5. The second kappa shape index (κ2) is 11.2. The van der Waals surface area contributed by atoms with Gasteiger partial charge in [-0.05, 0) is 25.0 Å². The normalized spacial score (nSPS) is 14.6. The molecule has 2 aromatic rings. The molecular weight excluding hydrogens is 394 g/mol. The topological polar surface area (TPSA) is 79.7 Å². The van der Waals surface area contributed by atoms with Gasteiger partial charge < -0.3 is 19.5 Å². The minimum atomic E-state index is -0.302. The van der Waals surface area contributed by atoms with E-state index in [2.05, 4.69) is 21.1 Å². The SMILES string of the molecule is C#CCN(C)C(=O)Cn1ccnc(NC2CCN(CCOc3ccccc3)CC2)c1=O. The van der Waals surface area contributed by atoms with E-state index in [0.29, 0.717) is 6.61 Å². The van der Waals surface area contributed by atoms with Crippen LogP contribution in [0.3, 0.4) is 0 Å². The van der Waals surface area contributed by atoms with Crippen molar-refractivity contribution in [2.24, 2.45) is 0 Å². The highest BCUT2D eigenvalue weighted by Crippen LogP contribution is 2.14. The summed E-state index contributed by atoms with van der Waals surface area (Å²) < 4.78 is 7.13. The smallest absolute Gasteiger partial charge is 0.293 e. The molecule has 0 atom stereocenters. The van der Waals surface area contributed by atoms with Crippen molar-refractivity contribution < 1.29 is 9.53 Å². The zero-order valence-corrected chi connectivity index (χ0v) is 17.9. The van der Waals surface area contributed by atoms with Gasteiger partial charge in [0.15, 0.2) is 5.82 Å². The summed E-state index contributed by atoms with van der Waals surface area (Å²) in [4.78, 5) is 32.8. The third-order valence-electron chi connectivity index (χ3n) is 5.32. The van der Waals surface area contributed by atoms with Gasteiger partial charge in [-0.1, -0.05) is 24.1 Å². The number of benzene rings is 1. The quantitative estimate of drug-likeness (QED) is 0.613. The number of terminal acetylenes is 1. The first-order chi connectivity index (χ1) is 15.1. The van der Waals surface area contributed by atoms with Gasteiger partial charge in [0.1, 0.15) is 18.9 Å². The number of rotatable bonds is 9. The van der Waals surface area contributed by atoms with Crippen LogP contribution in [0.1, 0.15) is 12.8 Å². The monoisotopic (exact) mass is 423 g/mol. The van der Waals surface area contributed by atoms with Crippen molar-refractivity contribution in [3.05, 3.63) is 53.1 Å². The van der Waals surface area contributed by atoms with Gasteiger partial charge in [-0.15, -0.1) is 6.42 Å². The van der Waals surface area contributed by atoms with Gasteiger partial charge in [0.25, 0.3) is 5.56 Å². The summed E-state index contributed by atoms with van der Waals surface area (Å²) >= 11 is 0. The van der Waals surface area contributed by atoms with E-state index in [9.17, 15) is 9.59 Å². The fourth-order valence-corrected chi connectivity index (χ4v) is 3.47. The molecule has 1 N–H and O–H groups in total. The van der Waals surface area contributed by atoms with Crippen LogP contribution < -0.4 is 15.6 Å². The van der Waals surface area contributed by atoms with Crippen molar-refractivity contribution in [2.75, 3.05) is 45.2 Å². The van der Waals surface area contributed by atoms with E-state index in [-0.39, 0.29) is 36.4 Å². The highest BCUT2D eigenvalue weighted by atomic mass is 16.5. The third-order valence-corrected chi connectivity index (χ3v) is 5.32. The summed E-state index contributed by atoms with van der Waals surface area (Å²) in [5.74, 6) is 3.36. The number of carbonyl (C=O) groups excluding carboxylic acids is 1. The molecule has 1 aliphatic rings. The Bertz CT molecular complexity index is 946. The minimum Gasteiger partial charge on any atom is -0.492 e. The number of nitrogens with one attached hydrogen (secondary N) is 1. The Morgan fingerprint density at radius 3 is 2.77 bits per heavy atom. The Kier molecular flexibility index (Phi) is 8.07. The van der Waals surface area contributed by atoms with E-state index < -0.39 is 0 Å². The van der Waals surface area contributed by atoms with Crippen LogP contribution >= 0.6 is 0 Å². The molecule has 1 aromatic carbocycles. The summed E-state index contributed by atoms with van der Waals surface area (Å²) in [6.45, 7) is 3.51. The van der Waals surface area contributed by atoms with Gasteiger partial charge in [-0.3, -0.25) is 14.5 Å². The Balaban J connectivity index is 1.46. The van der Waals surface area contributed by atoms with Gasteiger partial charge in [-0.25, -0.2) is 4.98 Å². The molecule has 0 radical (unpaired) electrons. The average molecular weight is 424 g/mol. The average Bonchev–Trinajstić information content (AvgIpc) is 2.78. The summed E-state index contributed by atoms with van der Waals surface area (Å²) in [7, 11) is 1.62. The number of nitrogens with zero attached hydrogens (tertiary/aromatic N) is 4. The second-order valence-corrected chi connectivity index (χ2v) is 7.58. The molecule has 2 heterocycles. The molecule has 1 fully saturated rings. The molecule has 0 aliphatic carbocycles. The lowest BCUT2D eigenvalue weighted by atomic mass is 10.1. The number of amides is 1. The molecular formula is C23H29N5O3. The van der Waals surface area contributed by atoms with Crippen molar-refractivity contribution in [2.45, 2.75) is 25.4 Å². The molecule has 1 aliphatic heterocycles. The van der Waals surface area contributed by atoms with Gasteiger partial charge in [-0.2, -0.15) is 0 Å². The van der Waals surface area contributed by atoms with Crippen LogP contribution in [0.2, 0.25) is 0 Å². The van der Waals surface area contributed by atoms with Crippen molar-refractivity contribution in [1.29, 1.82) is 0 Å². The lowest BCUT2D eigenvalue weighted by molar-refractivity contribution is -0.130. The predicted molar refractivity (Wildman–Crippen MR) is 120 cm³/mol. The maximum Gasteiger partial charge on any atom is 0.293 e. The number of piperidine rings is 1. The summed E-state index contributed by atoms with van der Waals surface area (Å²) in [5, 5.41) is 3.26. The fourth-order valence-electron chi connectivity index (χ4n) is 3.47. The molecule has 1 aromatic heterocycles. The van der Waals surface area contributed by atoms with Crippen molar-refractivity contribution in [3.8, 4) is 18.1 Å². The number of hydrogen-bond donors (Lipinski definition) is 1. The van der Waals surface area contributed by atoms with Crippen molar-refractivity contribution >= 4 is 11.7 Å². The van der Waals surface area contributed by atoms with E-state index in [4.69, 9.17) is 11.2 Å². The van der Waals surface area contributed by atoms with Crippen LogP contribution in [0.25, 0.3) is 0 Å². The molecule has 164 valence electrons. The second-order valence-electron chi connectivity index (χ2n) is 7.58. The minimum absolute atomic E-state index is 0.0614. The van der Waals surface area contributed by atoms with E-state index in [0.717, 1.165) is 38.2 Å². The van der Waals surface area contributed by atoms with E-state index in [1.807, 2.05) is 30.3 Å². The maximum absolute atomic E-state index is 12.7. The largest absolute Gasteiger partial charge is 0.492 e. The third kappa shape index (κ3) is 6.59. The Morgan fingerprint density at radius 1 is 1.32 bits per heavy atom. The van der Waals surface area contributed by atoms with Crippen LogP contribution in [0.5, 0.6) is 5.75 Å². The Hall–Kier alpha value is -3.31. The van der Waals surface area contributed by atoms with Crippen LogP contribution in [0.4, 0.5) is 5.82 Å². The molecule has 0 saturated carbocycles. The van der Waals surface area contributed by atoms with Gasteiger partial charge in [0.05, 0.1) is 6.54 Å².